The molecule has 2 aromatic carbocycles. The lowest BCUT2D eigenvalue weighted by molar-refractivity contribution is 0.625. The molecular formula is C17H21N. The van der Waals surface area contributed by atoms with Crippen molar-refractivity contribution in [3.05, 3.63) is 71.3 Å². The van der Waals surface area contributed by atoms with Crippen LogP contribution in [0.25, 0.3) is 0 Å². The van der Waals surface area contributed by atoms with Crippen LogP contribution in [0.1, 0.15) is 36.6 Å². The van der Waals surface area contributed by atoms with Gasteiger partial charge in [0, 0.05) is 0 Å². The van der Waals surface area contributed by atoms with Crippen molar-refractivity contribution in [3.63, 3.8) is 0 Å². The van der Waals surface area contributed by atoms with E-state index in [4.69, 9.17) is 0 Å². The molecule has 1 N–H and O–H groups in total. The third kappa shape index (κ3) is 2.80. The summed E-state index contributed by atoms with van der Waals surface area (Å²) in [5.41, 5.74) is 4.15. The Bertz CT molecular complexity index is 476. The minimum absolute atomic E-state index is 0.298. The van der Waals surface area contributed by atoms with Crippen LogP contribution in [-0.4, -0.2) is 6.54 Å². The van der Waals surface area contributed by atoms with E-state index in [-0.39, 0.29) is 0 Å². The van der Waals surface area contributed by atoms with Crippen molar-refractivity contribution in [2.45, 2.75) is 26.3 Å². The second-order valence-corrected chi connectivity index (χ2v) is 4.45. The minimum Gasteiger partial charge on any atom is -0.307 e. The summed E-state index contributed by atoms with van der Waals surface area (Å²) in [4.78, 5) is 0. The second-order valence-electron chi connectivity index (χ2n) is 4.45. The van der Waals surface area contributed by atoms with E-state index < -0.39 is 0 Å². The summed E-state index contributed by atoms with van der Waals surface area (Å²) >= 11 is 0. The molecule has 0 fully saturated rings. The largest absolute Gasteiger partial charge is 0.307 e. The number of rotatable bonds is 5. The summed E-state index contributed by atoms with van der Waals surface area (Å²) in [5, 5.41) is 3.59. The first-order valence-corrected chi connectivity index (χ1v) is 6.73. The zero-order chi connectivity index (χ0) is 12.8. The minimum atomic E-state index is 0.298. The highest BCUT2D eigenvalue weighted by atomic mass is 14.9. The van der Waals surface area contributed by atoms with E-state index in [9.17, 15) is 0 Å². The monoisotopic (exact) mass is 239 g/mol. The van der Waals surface area contributed by atoms with Gasteiger partial charge in [0.15, 0.2) is 0 Å². The van der Waals surface area contributed by atoms with E-state index in [1.165, 1.54) is 16.7 Å². The average Bonchev–Trinajstić information content (AvgIpc) is 2.46. The first-order chi connectivity index (χ1) is 8.86. The van der Waals surface area contributed by atoms with Crippen LogP contribution in [0.5, 0.6) is 0 Å². The molecule has 0 aliphatic rings. The van der Waals surface area contributed by atoms with Gasteiger partial charge in [-0.25, -0.2) is 0 Å². The fraction of sp³-hybridized carbons (Fsp3) is 0.294. The molecule has 1 unspecified atom stereocenters. The molecule has 0 aromatic heterocycles. The van der Waals surface area contributed by atoms with E-state index >= 15 is 0 Å². The molecule has 0 saturated heterocycles. The van der Waals surface area contributed by atoms with Gasteiger partial charge in [-0.3, -0.25) is 0 Å². The zero-order valence-electron chi connectivity index (χ0n) is 11.2. The van der Waals surface area contributed by atoms with Gasteiger partial charge in [0.25, 0.3) is 0 Å². The molecule has 1 nitrogen and oxygen atoms in total. The van der Waals surface area contributed by atoms with Gasteiger partial charge in [-0.05, 0) is 29.7 Å². The summed E-state index contributed by atoms with van der Waals surface area (Å²) in [7, 11) is 0. The highest BCUT2D eigenvalue weighted by Crippen LogP contribution is 2.25. The lowest BCUT2D eigenvalue weighted by Crippen LogP contribution is -2.23. The molecular weight excluding hydrogens is 218 g/mol. The van der Waals surface area contributed by atoms with E-state index in [1.807, 2.05) is 0 Å². The molecule has 0 heterocycles. The van der Waals surface area contributed by atoms with Crippen LogP contribution in [0.4, 0.5) is 0 Å². The van der Waals surface area contributed by atoms with Crippen molar-refractivity contribution in [1.29, 1.82) is 0 Å². The molecule has 0 aliphatic carbocycles. The Balaban J connectivity index is 2.41. The van der Waals surface area contributed by atoms with Gasteiger partial charge in [-0.1, -0.05) is 68.4 Å². The highest BCUT2D eigenvalue weighted by molar-refractivity contribution is 5.37. The van der Waals surface area contributed by atoms with Crippen LogP contribution in [0, 0.1) is 0 Å². The maximum Gasteiger partial charge on any atom is 0.0579 e. The summed E-state index contributed by atoms with van der Waals surface area (Å²) in [5.74, 6) is 0. The number of hydrogen-bond donors (Lipinski definition) is 1. The lowest BCUT2D eigenvalue weighted by atomic mass is 9.93. The smallest absolute Gasteiger partial charge is 0.0579 e. The normalized spacial score (nSPS) is 12.3. The summed E-state index contributed by atoms with van der Waals surface area (Å²) < 4.78 is 0. The van der Waals surface area contributed by atoms with Crippen molar-refractivity contribution in [2.75, 3.05) is 6.54 Å². The van der Waals surface area contributed by atoms with Gasteiger partial charge in [-0.15, -0.1) is 0 Å². The number of hydrogen-bond acceptors (Lipinski definition) is 1. The third-order valence-electron chi connectivity index (χ3n) is 3.29. The van der Waals surface area contributed by atoms with Crippen LogP contribution in [0.2, 0.25) is 0 Å². The Morgan fingerprint density at radius 1 is 0.889 bits per heavy atom. The molecule has 2 rings (SSSR count). The summed E-state index contributed by atoms with van der Waals surface area (Å²) in [6, 6.07) is 19.7. The number of nitrogens with one attached hydrogen (secondary N) is 1. The molecule has 0 aliphatic heterocycles. The highest BCUT2D eigenvalue weighted by Gasteiger charge is 2.14. The van der Waals surface area contributed by atoms with Gasteiger partial charge < -0.3 is 5.32 Å². The molecule has 0 bridgehead atoms. The van der Waals surface area contributed by atoms with Crippen molar-refractivity contribution < 1.29 is 0 Å². The quantitative estimate of drug-likeness (QED) is 0.833. The molecule has 0 amide bonds. The van der Waals surface area contributed by atoms with E-state index in [0.717, 1.165) is 13.0 Å². The fourth-order valence-electron chi connectivity index (χ4n) is 2.39. The van der Waals surface area contributed by atoms with Crippen molar-refractivity contribution in [1.82, 2.24) is 5.32 Å². The Morgan fingerprint density at radius 2 is 1.56 bits per heavy atom. The average molecular weight is 239 g/mol. The third-order valence-corrected chi connectivity index (χ3v) is 3.29. The van der Waals surface area contributed by atoms with Gasteiger partial charge in [0.1, 0.15) is 0 Å². The van der Waals surface area contributed by atoms with Crippen molar-refractivity contribution >= 4 is 0 Å². The summed E-state index contributed by atoms with van der Waals surface area (Å²) in [6.07, 6.45) is 1.07. The first-order valence-electron chi connectivity index (χ1n) is 6.73. The molecule has 94 valence electrons. The van der Waals surface area contributed by atoms with Crippen LogP contribution in [0.3, 0.4) is 0 Å². The van der Waals surface area contributed by atoms with E-state index in [2.05, 4.69) is 73.8 Å². The maximum absolute atomic E-state index is 3.59. The lowest BCUT2D eigenvalue weighted by Gasteiger charge is -2.21. The van der Waals surface area contributed by atoms with Crippen LogP contribution in [0.15, 0.2) is 54.6 Å². The molecule has 18 heavy (non-hydrogen) atoms. The number of benzene rings is 2. The second kappa shape index (κ2) is 6.36. The predicted octanol–water partition coefficient (Wildman–Crippen LogP) is 3.95. The van der Waals surface area contributed by atoms with E-state index in [1.54, 1.807) is 0 Å². The molecule has 0 saturated carbocycles. The van der Waals surface area contributed by atoms with Gasteiger partial charge in [-0.2, -0.15) is 0 Å². The molecule has 2 aromatic rings. The first kappa shape index (κ1) is 12.8. The van der Waals surface area contributed by atoms with Crippen LogP contribution >= 0.6 is 0 Å². The molecule has 1 atom stereocenters. The molecule has 0 radical (unpaired) electrons. The Morgan fingerprint density at radius 3 is 2.22 bits per heavy atom. The Kier molecular flexibility index (Phi) is 4.54. The predicted molar refractivity (Wildman–Crippen MR) is 77.8 cm³/mol. The molecule has 0 spiro atoms. The summed E-state index contributed by atoms with van der Waals surface area (Å²) in [6.45, 7) is 5.34. The molecule has 1 heteroatoms. The topological polar surface area (TPSA) is 12.0 Å². The van der Waals surface area contributed by atoms with Gasteiger partial charge in [0.2, 0.25) is 0 Å². The maximum atomic E-state index is 3.59. The van der Waals surface area contributed by atoms with Crippen molar-refractivity contribution in [2.24, 2.45) is 0 Å². The Hall–Kier alpha value is -1.60. The number of aryl methyl sites for hydroxylation is 1. The fourth-order valence-corrected chi connectivity index (χ4v) is 2.39. The van der Waals surface area contributed by atoms with Crippen molar-refractivity contribution in [3.8, 4) is 0 Å². The SMILES string of the molecule is CCNC(c1ccccc1)c1ccccc1CC. The van der Waals surface area contributed by atoms with Crippen LogP contribution in [-0.2, 0) is 6.42 Å². The standard InChI is InChI=1S/C17H21N/c1-3-14-10-8-9-13-16(14)17(18-4-2)15-11-6-5-7-12-15/h5-13,17-18H,3-4H2,1-2H3. The Labute approximate surface area is 110 Å². The van der Waals surface area contributed by atoms with Crippen LogP contribution < -0.4 is 5.32 Å². The zero-order valence-corrected chi connectivity index (χ0v) is 11.2. The van der Waals surface area contributed by atoms with Gasteiger partial charge >= 0.3 is 0 Å². The van der Waals surface area contributed by atoms with Gasteiger partial charge in [0.05, 0.1) is 6.04 Å². The van der Waals surface area contributed by atoms with E-state index in [0.29, 0.717) is 6.04 Å².